The Hall–Kier alpha value is -1.50. The number of ether oxygens (including phenoxy) is 1. The fourth-order valence-corrected chi connectivity index (χ4v) is 3.20. The molecule has 3 aliphatic rings. The molecule has 0 saturated carbocycles. The van der Waals surface area contributed by atoms with Gasteiger partial charge in [-0.2, -0.15) is 0 Å². The number of morpholine rings is 1. The van der Waals surface area contributed by atoms with Gasteiger partial charge in [-0.15, -0.1) is 5.48 Å². The lowest BCUT2D eigenvalue weighted by Crippen LogP contribution is -2.63. The van der Waals surface area contributed by atoms with Gasteiger partial charge in [-0.3, -0.25) is 4.90 Å². The summed E-state index contributed by atoms with van der Waals surface area (Å²) in [4.78, 5) is 7.84. The molecule has 0 spiro atoms. The van der Waals surface area contributed by atoms with Gasteiger partial charge in [0.25, 0.3) is 0 Å². The zero-order valence-corrected chi connectivity index (χ0v) is 11.4. The molecule has 1 aromatic carbocycles. The first-order valence-corrected chi connectivity index (χ1v) is 7.12. The van der Waals surface area contributed by atoms with E-state index in [1.54, 1.807) is 6.07 Å². The van der Waals surface area contributed by atoms with E-state index in [2.05, 4.69) is 10.4 Å². The topological polar surface area (TPSA) is 33.7 Å². The van der Waals surface area contributed by atoms with Crippen LogP contribution < -0.4 is 5.48 Å². The highest BCUT2D eigenvalue weighted by atomic mass is 19.2. The molecule has 21 heavy (non-hydrogen) atoms. The van der Waals surface area contributed by atoms with E-state index < -0.39 is 11.6 Å². The van der Waals surface area contributed by atoms with Gasteiger partial charge >= 0.3 is 0 Å². The lowest BCUT2D eigenvalue weighted by molar-refractivity contribution is -0.127. The van der Waals surface area contributed by atoms with Gasteiger partial charge in [0.1, 0.15) is 5.76 Å². The largest absolute Gasteiger partial charge is 0.411 e. The maximum Gasteiger partial charge on any atom is 0.159 e. The lowest BCUT2D eigenvalue weighted by atomic mass is 9.91. The molecule has 3 unspecified atom stereocenters. The summed E-state index contributed by atoms with van der Waals surface area (Å²) in [6.45, 7) is 2.29. The SMILES string of the molecule is Fc1ccc(C2C=C(CN3C4COCC3C4)ON2)cc1F. The Morgan fingerprint density at radius 1 is 1.19 bits per heavy atom. The molecule has 0 aliphatic carbocycles. The molecule has 4 rings (SSSR count). The Morgan fingerprint density at radius 2 is 2.00 bits per heavy atom. The van der Waals surface area contributed by atoms with Crippen molar-refractivity contribution >= 4 is 0 Å². The van der Waals surface area contributed by atoms with Crippen molar-refractivity contribution in [2.45, 2.75) is 24.5 Å². The zero-order chi connectivity index (χ0) is 14.4. The van der Waals surface area contributed by atoms with Crippen LogP contribution in [0.25, 0.3) is 0 Å². The number of rotatable bonds is 3. The second kappa shape index (κ2) is 5.05. The van der Waals surface area contributed by atoms with E-state index in [0.717, 1.165) is 31.6 Å². The molecule has 2 fully saturated rings. The molecule has 6 heteroatoms. The van der Waals surface area contributed by atoms with Crippen molar-refractivity contribution in [3.05, 3.63) is 47.2 Å². The predicted molar refractivity (Wildman–Crippen MR) is 71.1 cm³/mol. The molecule has 0 radical (unpaired) electrons. The molecule has 3 aliphatic heterocycles. The molecule has 2 saturated heterocycles. The average Bonchev–Trinajstić information content (AvgIpc) is 2.97. The zero-order valence-electron chi connectivity index (χ0n) is 11.4. The molecule has 1 N–H and O–H groups in total. The van der Waals surface area contributed by atoms with Crippen LogP contribution in [0, 0.1) is 11.6 Å². The van der Waals surface area contributed by atoms with Crippen LogP contribution in [0.1, 0.15) is 18.0 Å². The van der Waals surface area contributed by atoms with Crippen molar-refractivity contribution in [2.75, 3.05) is 19.8 Å². The quantitative estimate of drug-likeness (QED) is 0.923. The number of hydrogen-bond donors (Lipinski definition) is 1. The first-order valence-electron chi connectivity index (χ1n) is 7.12. The summed E-state index contributed by atoms with van der Waals surface area (Å²) in [5.74, 6) is -0.859. The summed E-state index contributed by atoms with van der Waals surface area (Å²) in [6, 6.07) is 4.61. The highest BCUT2D eigenvalue weighted by molar-refractivity contribution is 5.27. The summed E-state index contributed by atoms with van der Waals surface area (Å²) < 4.78 is 31.7. The maximum absolute atomic E-state index is 13.3. The van der Waals surface area contributed by atoms with Gasteiger partial charge < -0.3 is 9.57 Å². The predicted octanol–water partition coefficient (Wildman–Crippen LogP) is 1.90. The standard InChI is InChI=1S/C15H16F2N2O2/c16-13-2-1-9(3-14(13)17)15-5-12(21-18-15)6-19-10-4-11(19)8-20-7-10/h1-3,5,10-11,15,18H,4,6-8H2. The third-order valence-electron chi connectivity index (χ3n) is 4.41. The fourth-order valence-electron chi connectivity index (χ4n) is 3.20. The molecule has 1 aromatic rings. The van der Waals surface area contributed by atoms with Crippen LogP contribution in [-0.2, 0) is 9.57 Å². The van der Waals surface area contributed by atoms with Crippen molar-refractivity contribution in [3.63, 3.8) is 0 Å². The van der Waals surface area contributed by atoms with E-state index in [0.29, 0.717) is 17.6 Å². The molecule has 0 aromatic heterocycles. The van der Waals surface area contributed by atoms with Gasteiger partial charge in [-0.25, -0.2) is 8.78 Å². The van der Waals surface area contributed by atoms with Crippen LogP contribution in [0.4, 0.5) is 8.78 Å². The lowest BCUT2D eigenvalue weighted by Gasteiger charge is -2.52. The van der Waals surface area contributed by atoms with Gasteiger partial charge in [0.2, 0.25) is 0 Å². The first-order chi connectivity index (χ1) is 10.2. The monoisotopic (exact) mass is 294 g/mol. The summed E-state index contributed by atoms with van der Waals surface area (Å²) in [7, 11) is 0. The number of fused-ring (bicyclic) bond motifs is 2. The third kappa shape index (κ3) is 2.33. The molecular formula is C15H16F2N2O2. The number of nitrogens with zero attached hydrogens (tertiary/aromatic N) is 1. The second-order valence-electron chi connectivity index (χ2n) is 5.76. The van der Waals surface area contributed by atoms with Crippen molar-refractivity contribution in [1.29, 1.82) is 0 Å². The maximum atomic E-state index is 13.3. The Balaban J connectivity index is 1.45. The summed E-state index contributed by atoms with van der Waals surface area (Å²) >= 11 is 0. The molecule has 3 atom stereocenters. The second-order valence-corrected chi connectivity index (χ2v) is 5.76. The van der Waals surface area contributed by atoms with E-state index in [4.69, 9.17) is 9.57 Å². The van der Waals surface area contributed by atoms with Gasteiger partial charge in [-0.05, 0) is 30.2 Å². The summed E-state index contributed by atoms with van der Waals surface area (Å²) in [5.41, 5.74) is 3.50. The first kappa shape index (κ1) is 13.2. The van der Waals surface area contributed by atoms with Crippen molar-refractivity contribution in [2.24, 2.45) is 0 Å². The number of hydroxylamine groups is 1. The van der Waals surface area contributed by atoms with Crippen LogP contribution in [0.5, 0.6) is 0 Å². The minimum Gasteiger partial charge on any atom is -0.411 e. The molecule has 112 valence electrons. The molecule has 4 nitrogen and oxygen atoms in total. The van der Waals surface area contributed by atoms with Crippen LogP contribution in [0.15, 0.2) is 30.0 Å². The third-order valence-corrected chi connectivity index (χ3v) is 4.41. The van der Waals surface area contributed by atoms with Gasteiger partial charge in [-0.1, -0.05) is 6.07 Å². The Labute approximate surface area is 121 Å². The minimum atomic E-state index is -0.842. The van der Waals surface area contributed by atoms with E-state index in [9.17, 15) is 8.78 Å². The van der Waals surface area contributed by atoms with Crippen LogP contribution in [0.2, 0.25) is 0 Å². The van der Waals surface area contributed by atoms with E-state index in [1.807, 2.05) is 6.08 Å². The average molecular weight is 294 g/mol. The van der Waals surface area contributed by atoms with Gasteiger partial charge in [0.15, 0.2) is 11.6 Å². The molecule has 0 amide bonds. The van der Waals surface area contributed by atoms with E-state index in [1.165, 1.54) is 12.5 Å². The highest BCUT2D eigenvalue weighted by Gasteiger charge is 2.43. The van der Waals surface area contributed by atoms with Crippen LogP contribution in [0.3, 0.4) is 0 Å². The van der Waals surface area contributed by atoms with E-state index >= 15 is 0 Å². The number of halogens is 2. The highest BCUT2D eigenvalue weighted by Crippen LogP contribution is 2.33. The number of benzene rings is 1. The summed E-state index contributed by atoms with van der Waals surface area (Å²) in [5, 5.41) is 0. The fraction of sp³-hybridized carbons (Fsp3) is 0.467. The van der Waals surface area contributed by atoms with Gasteiger partial charge in [0, 0.05) is 12.1 Å². The Morgan fingerprint density at radius 3 is 2.71 bits per heavy atom. The minimum absolute atomic E-state index is 0.243. The number of hydrogen-bond acceptors (Lipinski definition) is 4. The Bertz CT molecular complexity index is 579. The molecule has 3 heterocycles. The van der Waals surface area contributed by atoms with E-state index in [-0.39, 0.29) is 6.04 Å². The normalized spacial score (nSPS) is 31.5. The van der Waals surface area contributed by atoms with Crippen molar-refractivity contribution in [3.8, 4) is 0 Å². The van der Waals surface area contributed by atoms with Crippen LogP contribution in [-0.4, -0.2) is 36.7 Å². The number of nitrogens with one attached hydrogen (secondary N) is 1. The van der Waals surface area contributed by atoms with Crippen molar-refractivity contribution < 1.29 is 18.4 Å². The van der Waals surface area contributed by atoms with Gasteiger partial charge in [0.05, 0.1) is 25.8 Å². The Kier molecular flexibility index (Phi) is 3.17. The molecule has 2 bridgehead atoms. The molecular weight excluding hydrogens is 278 g/mol. The summed E-state index contributed by atoms with van der Waals surface area (Å²) in [6.07, 6.45) is 3.11. The van der Waals surface area contributed by atoms with Crippen LogP contribution >= 0.6 is 0 Å². The van der Waals surface area contributed by atoms with Crippen molar-refractivity contribution in [1.82, 2.24) is 10.4 Å². The smallest absolute Gasteiger partial charge is 0.159 e.